The number of carbonyl (C=O) groups excluding carboxylic acids is 2. The van der Waals surface area contributed by atoms with Crippen LogP contribution in [0.25, 0.3) is 0 Å². The number of rotatable bonds is 51. The van der Waals surface area contributed by atoms with Crippen molar-refractivity contribution >= 4 is 19.8 Å². The minimum absolute atomic E-state index is 0.0419. The van der Waals surface area contributed by atoms with Gasteiger partial charge >= 0.3 is 19.8 Å². The first-order valence-electron chi connectivity index (χ1n) is 27.7. The molecule has 0 aliphatic heterocycles. The molecule has 10 heteroatoms. The normalized spacial score (nSPS) is 13.9. The molecule has 0 heterocycles. The van der Waals surface area contributed by atoms with E-state index in [2.05, 4.69) is 98.9 Å². The van der Waals surface area contributed by atoms with Crippen molar-refractivity contribution in [3.63, 3.8) is 0 Å². The van der Waals surface area contributed by atoms with Gasteiger partial charge in [0, 0.05) is 19.4 Å². The highest BCUT2D eigenvalue weighted by Gasteiger charge is 2.26. The van der Waals surface area contributed by atoms with Gasteiger partial charge in [-0.2, -0.15) is 0 Å². The van der Waals surface area contributed by atoms with Crippen molar-refractivity contribution in [3.8, 4) is 0 Å². The minimum atomic E-state index is -4.40. The fourth-order valence-corrected chi connectivity index (χ4v) is 8.23. The third-order valence-corrected chi connectivity index (χ3v) is 12.5. The number of carbonyl (C=O) groups is 2. The molecule has 0 spiro atoms. The van der Waals surface area contributed by atoms with Crippen LogP contribution in [0, 0.1) is 0 Å². The summed E-state index contributed by atoms with van der Waals surface area (Å²) in [5.41, 5.74) is 5.36. The van der Waals surface area contributed by atoms with E-state index >= 15 is 0 Å². The summed E-state index contributed by atoms with van der Waals surface area (Å²) >= 11 is 0. The van der Waals surface area contributed by atoms with Gasteiger partial charge in [0.2, 0.25) is 0 Å². The van der Waals surface area contributed by atoms with Gasteiger partial charge in [-0.05, 0) is 77.0 Å². The third kappa shape index (κ3) is 54.1. The van der Waals surface area contributed by atoms with Crippen LogP contribution in [0.1, 0.15) is 232 Å². The molecule has 2 unspecified atom stereocenters. The van der Waals surface area contributed by atoms with E-state index in [1.54, 1.807) is 0 Å². The van der Waals surface area contributed by atoms with Crippen molar-refractivity contribution in [1.29, 1.82) is 0 Å². The van der Waals surface area contributed by atoms with E-state index in [0.717, 1.165) is 70.6 Å². The molecule has 0 rings (SSSR count). The zero-order valence-corrected chi connectivity index (χ0v) is 44.9. The summed E-state index contributed by atoms with van der Waals surface area (Å²) in [6, 6.07) is 0. The molecule has 0 aromatic carbocycles. The lowest BCUT2D eigenvalue weighted by Crippen LogP contribution is -2.29. The Morgan fingerprint density at radius 3 is 1.17 bits per heavy atom. The molecular weight excluding hydrogens is 882 g/mol. The van der Waals surface area contributed by atoms with E-state index in [4.69, 9.17) is 24.3 Å². The fourth-order valence-electron chi connectivity index (χ4n) is 7.47. The van der Waals surface area contributed by atoms with Crippen molar-refractivity contribution in [2.45, 2.75) is 238 Å². The molecule has 9 nitrogen and oxygen atoms in total. The number of nitrogens with two attached hydrogens (primary N) is 1. The van der Waals surface area contributed by atoms with Crippen molar-refractivity contribution in [2.24, 2.45) is 5.73 Å². The van der Waals surface area contributed by atoms with E-state index in [1.165, 1.54) is 122 Å². The number of allylic oxidation sites excluding steroid dienone is 16. The van der Waals surface area contributed by atoms with Crippen LogP contribution in [0.4, 0.5) is 0 Å². The Morgan fingerprint density at radius 1 is 0.435 bits per heavy atom. The average molecular weight is 984 g/mol. The van der Waals surface area contributed by atoms with Gasteiger partial charge in [0.15, 0.2) is 6.10 Å². The molecule has 396 valence electrons. The van der Waals surface area contributed by atoms with E-state index in [9.17, 15) is 19.0 Å². The molecule has 0 saturated carbocycles. The van der Waals surface area contributed by atoms with Crippen LogP contribution in [0.5, 0.6) is 0 Å². The van der Waals surface area contributed by atoms with Gasteiger partial charge in [0.25, 0.3) is 0 Å². The second-order valence-corrected chi connectivity index (χ2v) is 19.5. The molecular formula is C59H102NO8P. The highest BCUT2D eigenvalue weighted by atomic mass is 31.2. The van der Waals surface area contributed by atoms with Gasteiger partial charge in [-0.3, -0.25) is 18.6 Å². The summed E-state index contributed by atoms with van der Waals surface area (Å²) in [7, 11) is -4.40. The predicted molar refractivity (Wildman–Crippen MR) is 293 cm³/mol. The topological polar surface area (TPSA) is 134 Å². The van der Waals surface area contributed by atoms with Gasteiger partial charge < -0.3 is 20.1 Å². The summed E-state index contributed by atoms with van der Waals surface area (Å²) in [6.07, 6.45) is 72.2. The van der Waals surface area contributed by atoms with Crippen LogP contribution in [-0.2, 0) is 32.7 Å². The van der Waals surface area contributed by atoms with Crippen LogP contribution in [0.3, 0.4) is 0 Å². The first-order chi connectivity index (χ1) is 33.8. The van der Waals surface area contributed by atoms with E-state index in [-0.39, 0.29) is 32.6 Å². The van der Waals surface area contributed by atoms with Crippen molar-refractivity contribution in [3.05, 3.63) is 97.2 Å². The van der Waals surface area contributed by atoms with E-state index in [0.29, 0.717) is 12.8 Å². The molecule has 0 fully saturated rings. The van der Waals surface area contributed by atoms with Crippen LogP contribution in [0.2, 0.25) is 0 Å². The number of phosphoric ester groups is 1. The third-order valence-electron chi connectivity index (χ3n) is 11.5. The maximum Gasteiger partial charge on any atom is 0.472 e. The average Bonchev–Trinajstić information content (AvgIpc) is 3.34. The number of unbranched alkanes of at least 4 members (excludes halogenated alkanes) is 22. The van der Waals surface area contributed by atoms with Crippen molar-refractivity contribution < 1.29 is 37.6 Å². The predicted octanol–water partition coefficient (Wildman–Crippen LogP) is 17.3. The van der Waals surface area contributed by atoms with Crippen LogP contribution >= 0.6 is 7.82 Å². The standard InChI is InChI=1S/C59H102NO8P/c1-3-5-7-9-11-13-15-17-18-19-20-21-22-23-24-25-26-27-28-29-30-31-32-33-34-35-36-37-38-40-42-44-46-48-50-52-59(62)68-57(56-67-69(63,64)66-54-53-60)55-65-58(61)51-49-47-45-43-41-39-16-14-12-10-8-6-4-2/h5-8,11-14,17-18,20-21,39,41,45,47,57H,3-4,9-10,15-16,19,22-38,40,42-44,46,48-56,60H2,1-2H3,(H,63,64)/b7-5-,8-6-,13-11-,14-12-,18-17-,21-20-,41-39-,47-45-. The van der Waals surface area contributed by atoms with E-state index in [1.807, 2.05) is 12.2 Å². The van der Waals surface area contributed by atoms with Gasteiger partial charge in [-0.1, -0.05) is 239 Å². The number of hydrogen-bond acceptors (Lipinski definition) is 8. The van der Waals surface area contributed by atoms with Crippen molar-refractivity contribution in [1.82, 2.24) is 0 Å². The second kappa shape index (κ2) is 54.3. The fraction of sp³-hybridized carbons (Fsp3) is 0.695. The molecule has 0 aromatic rings. The minimum Gasteiger partial charge on any atom is -0.462 e. The zero-order valence-electron chi connectivity index (χ0n) is 44.0. The second-order valence-electron chi connectivity index (χ2n) is 18.0. The highest BCUT2D eigenvalue weighted by molar-refractivity contribution is 7.47. The summed E-state index contributed by atoms with van der Waals surface area (Å²) in [5, 5.41) is 0. The smallest absolute Gasteiger partial charge is 0.462 e. The Balaban J connectivity index is 3.87. The Bertz CT molecular complexity index is 1450. The lowest BCUT2D eigenvalue weighted by Gasteiger charge is -2.19. The summed E-state index contributed by atoms with van der Waals surface area (Å²) < 4.78 is 32.8. The van der Waals surface area contributed by atoms with Gasteiger partial charge in [-0.25, -0.2) is 4.57 Å². The number of esters is 2. The molecule has 3 N–H and O–H groups in total. The molecule has 0 aliphatic carbocycles. The largest absolute Gasteiger partial charge is 0.472 e. The van der Waals surface area contributed by atoms with Gasteiger partial charge in [-0.15, -0.1) is 0 Å². The maximum atomic E-state index is 12.7. The molecule has 0 amide bonds. The van der Waals surface area contributed by atoms with Crippen molar-refractivity contribution in [2.75, 3.05) is 26.4 Å². The Kier molecular flexibility index (Phi) is 51.9. The Morgan fingerprint density at radius 2 is 0.783 bits per heavy atom. The summed E-state index contributed by atoms with van der Waals surface area (Å²) in [6.45, 7) is 3.43. The van der Waals surface area contributed by atoms with Crippen LogP contribution in [0.15, 0.2) is 97.2 Å². The number of ether oxygens (including phenoxy) is 2. The molecule has 2 atom stereocenters. The highest BCUT2D eigenvalue weighted by Crippen LogP contribution is 2.43. The van der Waals surface area contributed by atoms with Gasteiger partial charge in [0.1, 0.15) is 6.61 Å². The first-order valence-corrected chi connectivity index (χ1v) is 29.2. The Hall–Kier alpha value is -3.07. The molecule has 0 aromatic heterocycles. The number of phosphoric acid groups is 1. The molecule has 0 bridgehead atoms. The lowest BCUT2D eigenvalue weighted by molar-refractivity contribution is -0.161. The molecule has 0 radical (unpaired) electrons. The zero-order chi connectivity index (χ0) is 50.2. The SMILES string of the molecule is CC/C=C\C/C=C\C/C=C\C/C=C\CCCCCCCCCCCCCCCCCCCCCCCCC(=O)OC(COC(=O)CC/C=C\C/C=C\C/C=C\C/C=C\CC)COP(=O)(O)OCCN. The summed E-state index contributed by atoms with van der Waals surface area (Å²) in [4.78, 5) is 35.0. The first kappa shape index (κ1) is 65.9. The van der Waals surface area contributed by atoms with Gasteiger partial charge in [0.05, 0.1) is 13.2 Å². The monoisotopic (exact) mass is 984 g/mol. The quantitative estimate of drug-likeness (QED) is 0.0264. The van der Waals surface area contributed by atoms with Crippen LogP contribution in [-0.4, -0.2) is 49.3 Å². The van der Waals surface area contributed by atoms with Crippen LogP contribution < -0.4 is 5.73 Å². The summed E-state index contributed by atoms with van der Waals surface area (Å²) in [5.74, 6) is -0.921. The van der Waals surface area contributed by atoms with E-state index < -0.39 is 32.5 Å². The molecule has 0 saturated heterocycles. The lowest BCUT2D eigenvalue weighted by atomic mass is 10.0. The maximum absolute atomic E-state index is 12.7. The number of hydrogen-bond donors (Lipinski definition) is 2. The molecule has 0 aliphatic rings. The Labute approximate surface area is 423 Å². The molecule has 69 heavy (non-hydrogen) atoms.